The van der Waals surface area contributed by atoms with Gasteiger partial charge >= 0.3 is 0 Å². The number of aromatic hydroxyl groups is 1. The minimum Gasteiger partial charge on any atom is -0.504 e. The summed E-state index contributed by atoms with van der Waals surface area (Å²) in [7, 11) is 1.50. The van der Waals surface area contributed by atoms with Crippen molar-refractivity contribution in [1.29, 1.82) is 0 Å². The molecule has 2 aliphatic rings. The first kappa shape index (κ1) is 18.3. The maximum Gasteiger partial charge on any atom is 0.266 e. The van der Waals surface area contributed by atoms with Crippen molar-refractivity contribution in [2.75, 3.05) is 13.7 Å². The number of nitrogens with zero attached hydrogens (tertiary/aromatic N) is 1. The molecule has 1 heterocycles. The predicted octanol–water partition coefficient (Wildman–Crippen LogP) is 4.57. The Labute approximate surface area is 158 Å². The normalized spacial score (nSPS) is 20.5. The molecule has 3 rings (SSSR count). The topological polar surface area (TPSA) is 49.8 Å². The van der Waals surface area contributed by atoms with E-state index in [2.05, 4.69) is 0 Å². The Morgan fingerprint density at radius 2 is 2.12 bits per heavy atom. The van der Waals surface area contributed by atoms with E-state index in [-0.39, 0.29) is 11.7 Å². The van der Waals surface area contributed by atoms with Crippen molar-refractivity contribution in [3.05, 3.63) is 28.7 Å². The van der Waals surface area contributed by atoms with Crippen molar-refractivity contribution in [1.82, 2.24) is 4.90 Å². The van der Waals surface area contributed by atoms with E-state index in [1.54, 1.807) is 23.1 Å². The highest BCUT2D eigenvalue weighted by molar-refractivity contribution is 8.26. The molecule has 0 aromatic heterocycles. The molecular weight excluding hydrogens is 354 g/mol. The van der Waals surface area contributed by atoms with Gasteiger partial charge in [0.2, 0.25) is 0 Å². The molecule has 1 saturated carbocycles. The van der Waals surface area contributed by atoms with Crippen LogP contribution in [0.15, 0.2) is 23.1 Å². The molecule has 1 aliphatic heterocycles. The molecule has 0 spiro atoms. The molecule has 0 bridgehead atoms. The molecule has 0 unspecified atom stereocenters. The van der Waals surface area contributed by atoms with Gasteiger partial charge in [-0.15, -0.1) is 0 Å². The second kappa shape index (κ2) is 8.23. The van der Waals surface area contributed by atoms with Gasteiger partial charge in [-0.1, -0.05) is 62.2 Å². The van der Waals surface area contributed by atoms with Gasteiger partial charge in [0.05, 0.1) is 12.0 Å². The summed E-state index contributed by atoms with van der Waals surface area (Å²) >= 11 is 6.76. The second-order valence-corrected chi connectivity index (χ2v) is 8.23. The van der Waals surface area contributed by atoms with Crippen LogP contribution in [0, 0.1) is 5.92 Å². The fourth-order valence-corrected chi connectivity index (χ4v) is 4.72. The number of ether oxygens (including phenoxy) is 1. The van der Waals surface area contributed by atoms with Crippen LogP contribution in [0.2, 0.25) is 0 Å². The molecule has 1 saturated heterocycles. The van der Waals surface area contributed by atoms with Crippen LogP contribution >= 0.6 is 24.0 Å². The lowest BCUT2D eigenvalue weighted by Gasteiger charge is -2.23. The number of benzene rings is 1. The fourth-order valence-electron chi connectivity index (χ4n) is 3.42. The summed E-state index contributed by atoms with van der Waals surface area (Å²) in [6, 6.07) is 5.03. The molecule has 1 aromatic rings. The van der Waals surface area contributed by atoms with Crippen molar-refractivity contribution in [3.8, 4) is 11.5 Å². The Kier molecular flexibility index (Phi) is 6.02. The lowest BCUT2D eigenvalue weighted by Crippen LogP contribution is -2.30. The van der Waals surface area contributed by atoms with Crippen molar-refractivity contribution in [3.63, 3.8) is 0 Å². The van der Waals surface area contributed by atoms with E-state index in [4.69, 9.17) is 17.0 Å². The number of hydrogen-bond acceptors (Lipinski definition) is 5. The van der Waals surface area contributed by atoms with Crippen LogP contribution in [0.5, 0.6) is 11.5 Å². The third-order valence-corrected chi connectivity index (χ3v) is 6.24. The molecule has 1 amide bonds. The van der Waals surface area contributed by atoms with Gasteiger partial charge in [-0.2, -0.15) is 0 Å². The average Bonchev–Trinajstić information content (AvgIpc) is 2.89. The number of carbonyl (C=O) groups is 1. The minimum absolute atomic E-state index is 0.0159. The summed E-state index contributed by atoms with van der Waals surface area (Å²) < 4.78 is 5.75. The molecule has 1 N–H and O–H groups in total. The number of carbonyl (C=O) groups excluding carboxylic acids is 1. The van der Waals surface area contributed by atoms with Gasteiger partial charge in [0.15, 0.2) is 11.5 Å². The third kappa shape index (κ3) is 4.36. The summed E-state index contributed by atoms with van der Waals surface area (Å²) in [4.78, 5) is 15.0. The van der Waals surface area contributed by atoms with E-state index in [0.717, 1.165) is 17.9 Å². The Morgan fingerprint density at radius 1 is 1.36 bits per heavy atom. The number of hydrogen-bond donors (Lipinski definition) is 1. The van der Waals surface area contributed by atoms with E-state index < -0.39 is 0 Å². The first-order valence-corrected chi connectivity index (χ1v) is 9.93. The lowest BCUT2D eigenvalue weighted by molar-refractivity contribution is -0.122. The lowest BCUT2D eigenvalue weighted by atomic mass is 9.87. The SMILES string of the molecule is COc1cc(C=C2SC(=S)N(CCC3CCCCC3)C2=O)ccc1O. The Morgan fingerprint density at radius 3 is 2.84 bits per heavy atom. The van der Waals surface area contributed by atoms with Crippen LogP contribution < -0.4 is 4.74 Å². The smallest absolute Gasteiger partial charge is 0.266 e. The molecule has 4 nitrogen and oxygen atoms in total. The van der Waals surface area contributed by atoms with Crippen molar-refractivity contribution >= 4 is 40.3 Å². The Balaban J connectivity index is 1.67. The monoisotopic (exact) mass is 377 g/mol. The van der Waals surface area contributed by atoms with Crippen LogP contribution in [0.3, 0.4) is 0 Å². The number of methoxy groups -OCH3 is 1. The summed E-state index contributed by atoms with van der Waals surface area (Å²) in [5, 5.41) is 9.68. The average molecular weight is 378 g/mol. The predicted molar refractivity (Wildman–Crippen MR) is 106 cm³/mol. The number of thioether (sulfide) groups is 1. The number of thiocarbonyl (C=S) groups is 1. The highest BCUT2D eigenvalue weighted by Gasteiger charge is 2.32. The Bertz CT molecular complexity index is 696. The van der Waals surface area contributed by atoms with Gasteiger partial charge in [-0.25, -0.2) is 0 Å². The zero-order valence-electron chi connectivity index (χ0n) is 14.4. The molecule has 134 valence electrons. The summed E-state index contributed by atoms with van der Waals surface area (Å²) in [5.41, 5.74) is 0.808. The number of phenolic OH excluding ortho intramolecular Hbond substituents is 1. The van der Waals surface area contributed by atoms with Crippen LogP contribution in [0.25, 0.3) is 6.08 Å². The molecule has 25 heavy (non-hydrogen) atoms. The highest BCUT2D eigenvalue weighted by atomic mass is 32.2. The number of amides is 1. The fraction of sp³-hybridized carbons (Fsp3) is 0.474. The molecule has 2 fully saturated rings. The van der Waals surface area contributed by atoms with Crippen LogP contribution in [-0.4, -0.2) is 33.9 Å². The van der Waals surface area contributed by atoms with Crippen LogP contribution in [-0.2, 0) is 4.79 Å². The third-order valence-electron chi connectivity index (χ3n) is 4.86. The van der Waals surface area contributed by atoms with E-state index in [9.17, 15) is 9.90 Å². The number of phenols is 1. The van der Waals surface area contributed by atoms with E-state index >= 15 is 0 Å². The Hall–Kier alpha value is -1.53. The summed E-state index contributed by atoms with van der Waals surface area (Å²) in [6.45, 7) is 0.714. The molecule has 0 atom stereocenters. The van der Waals surface area contributed by atoms with Gasteiger partial charge < -0.3 is 9.84 Å². The van der Waals surface area contributed by atoms with E-state index in [0.29, 0.717) is 21.5 Å². The largest absolute Gasteiger partial charge is 0.504 e. The molecule has 6 heteroatoms. The first-order valence-electron chi connectivity index (χ1n) is 8.71. The second-order valence-electron chi connectivity index (χ2n) is 6.56. The van der Waals surface area contributed by atoms with Crippen molar-refractivity contribution in [2.45, 2.75) is 38.5 Å². The quantitative estimate of drug-likeness (QED) is 0.602. The van der Waals surface area contributed by atoms with Crippen LogP contribution in [0.1, 0.15) is 44.1 Å². The summed E-state index contributed by atoms with van der Waals surface area (Å²) in [6.07, 6.45) is 9.36. The maximum atomic E-state index is 12.7. The molecule has 1 aromatic carbocycles. The number of rotatable bonds is 5. The zero-order chi connectivity index (χ0) is 17.8. The van der Waals surface area contributed by atoms with E-state index in [1.165, 1.54) is 51.0 Å². The first-order chi connectivity index (χ1) is 12.1. The van der Waals surface area contributed by atoms with Gasteiger partial charge in [0.1, 0.15) is 4.32 Å². The van der Waals surface area contributed by atoms with Gasteiger partial charge in [0.25, 0.3) is 5.91 Å². The molecule has 1 aliphatic carbocycles. The van der Waals surface area contributed by atoms with Crippen molar-refractivity contribution in [2.24, 2.45) is 5.92 Å². The minimum atomic E-state index is -0.0159. The molecule has 0 radical (unpaired) electrons. The van der Waals surface area contributed by atoms with Gasteiger partial charge in [0, 0.05) is 6.54 Å². The van der Waals surface area contributed by atoms with Crippen LogP contribution in [0.4, 0.5) is 0 Å². The zero-order valence-corrected chi connectivity index (χ0v) is 16.0. The van der Waals surface area contributed by atoms with Gasteiger partial charge in [-0.3, -0.25) is 9.69 Å². The summed E-state index contributed by atoms with van der Waals surface area (Å²) in [5.74, 6) is 1.18. The standard InChI is InChI=1S/C19H23NO3S2/c1-23-16-11-14(7-8-15(16)21)12-17-18(22)20(19(24)25-17)10-9-13-5-3-2-4-6-13/h7-8,11-13,21H,2-6,9-10H2,1H3. The highest BCUT2D eigenvalue weighted by Crippen LogP contribution is 2.35. The van der Waals surface area contributed by atoms with Gasteiger partial charge in [-0.05, 0) is 36.1 Å². The van der Waals surface area contributed by atoms with E-state index in [1.807, 2.05) is 6.08 Å². The maximum absolute atomic E-state index is 12.7. The molecular formula is C19H23NO3S2. The van der Waals surface area contributed by atoms with Crippen molar-refractivity contribution < 1.29 is 14.6 Å².